The Bertz CT molecular complexity index is 863. The Morgan fingerprint density at radius 2 is 1.48 bits per heavy atom. The highest BCUT2D eigenvalue weighted by Gasteiger charge is 2.34. The van der Waals surface area contributed by atoms with Crippen molar-refractivity contribution >= 4 is 45.7 Å². The molecule has 0 radical (unpaired) electrons. The van der Waals surface area contributed by atoms with E-state index >= 15 is 0 Å². The van der Waals surface area contributed by atoms with Crippen LogP contribution in [0.5, 0.6) is 0 Å². The van der Waals surface area contributed by atoms with Gasteiger partial charge in [-0.1, -0.05) is 36.4 Å². The molecule has 0 spiro atoms. The van der Waals surface area contributed by atoms with Crippen molar-refractivity contribution in [1.29, 1.82) is 0 Å². The van der Waals surface area contributed by atoms with Gasteiger partial charge in [-0.25, -0.2) is 0 Å². The van der Waals surface area contributed by atoms with Crippen molar-refractivity contribution in [3.05, 3.63) is 74.6 Å². The summed E-state index contributed by atoms with van der Waals surface area (Å²) in [6.07, 6.45) is 0. The van der Waals surface area contributed by atoms with E-state index in [0.29, 0.717) is 11.1 Å². The van der Waals surface area contributed by atoms with Crippen LogP contribution in [-0.4, -0.2) is 17.5 Å². The third kappa shape index (κ3) is 2.84. The molecule has 0 fully saturated rings. The fourth-order valence-corrected chi connectivity index (χ4v) is 2.83. The van der Waals surface area contributed by atoms with E-state index in [9.17, 15) is 14.4 Å². The van der Waals surface area contributed by atoms with Crippen LogP contribution in [0.15, 0.2) is 54.3 Å². The lowest BCUT2D eigenvalue weighted by Crippen LogP contribution is -2.24. The van der Waals surface area contributed by atoms with Gasteiger partial charge in [0.15, 0.2) is 11.5 Å². The summed E-state index contributed by atoms with van der Waals surface area (Å²) >= 11 is 2.15. The van der Waals surface area contributed by atoms with E-state index in [-0.39, 0.29) is 22.7 Å². The minimum absolute atomic E-state index is 0.125. The molecule has 0 aromatic heterocycles. The number of ether oxygens (including phenoxy) is 1. The van der Waals surface area contributed by atoms with E-state index in [4.69, 9.17) is 4.74 Å². The molecule has 23 heavy (non-hydrogen) atoms. The number of halogens is 1. The normalized spacial score (nSPS) is 13.8. The van der Waals surface area contributed by atoms with Gasteiger partial charge in [0.05, 0.1) is 5.57 Å². The average Bonchev–Trinajstić information content (AvgIpc) is 2.54. The second-order valence-corrected chi connectivity index (χ2v) is 6.25. The first-order valence-corrected chi connectivity index (χ1v) is 7.94. The van der Waals surface area contributed by atoms with Crippen molar-refractivity contribution in [2.24, 2.45) is 0 Å². The number of fused-ring (bicyclic) bond motifs is 1. The molecular weight excluding hydrogens is 407 g/mol. The number of carbonyl (C=O) groups excluding carboxylic acids is 3. The van der Waals surface area contributed by atoms with Gasteiger partial charge in [0.1, 0.15) is 0 Å². The summed E-state index contributed by atoms with van der Waals surface area (Å²) in [6, 6.07) is 13.7. The molecule has 0 saturated carbocycles. The molecule has 0 unspecified atom stereocenters. The van der Waals surface area contributed by atoms with Crippen LogP contribution in [0.2, 0.25) is 0 Å². The molecule has 3 rings (SSSR count). The Morgan fingerprint density at radius 3 is 2.04 bits per heavy atom. The third-order valence-electron chi connectivity index (χ3n) is 3.46. The lowest BCUT2D eigenvalue weighted by Gasteiger charge is -2.20. The Morgan fingerprint density at radius 1 is 0.913 bits per heavy atom. The number of hydrogen-bond acceptors (Lipinski definition) is 4. The molecule has 4 nitrogen and oxygen atoms in total. The number of carbonyl (C=O) groups is 3. The summed E-state index contributed by atoms with van der Waals surface area (Å²) in [5.41, 5.74) is 1.25. The van der Waals surface area contributed by atoms with Crippen LogP contribution in [0, 0.1) is 3.57 Å². The van der Waals surface area contributed by atoms with Crippen molar-refractivity contribution in [3.63, 3.8) is 0 Å². The van der Waals surface area contributed by atoms with Gasteiger partial charge >= 0.3 is 5.97 Å². The van der Waals surface area contributed by atoms with Crippen molar-refractivity contribution in [2.45, 2.75) is 6.92 Å². The Labute approximate surface area is 146 Å². The highest BCUT2D eigenvalue weighted by Crippen LogP contribution is 2.33. The second kappa shape index (κ2) is 6.08. The van der Waals surface area contributed by atoms with Gasteiger partial charge in [-0.2, -0.15) is 0 Å². The van der Waals surface area contributed by atoms with Crippen molar-refractivity contribution in [3.8, 4) is 0 Å². The van der Waals surface area contributed by atoms with Crippen LogP contribution in [0.25, 0.3) is 5.57 Å². The van der Waals surface area contributed by atoms with Crippen molar-refractivity contribution in [2.75, 3.05) is 0 Å². The van der Waals surface area contributed by atoms with Gasteiger partial charge in [-0.15, -0.1) is 0 Å². The summed E-state index contributed by atoms with van der Waals surface area (Å²) in [7, 11) is 0. The molecule has 1 aliphatic rings. The van der Waals surface area contributed by atoms with Crippen molar-refractivity contribution in [1.82, 2.24) is 0 Å². The Balaban J connectivity index is 2.25. The predicted molar refractivity (Wildman–Crippen MR) is 92.9 cm³/mol. The fraction of sp³-hybridized carbons (Fsp3) is 0.0556. The maximum Gasteiger partial charge on any atom is 0.308 e. The van der Waals surface area contributed by atoms with Gasteiger partial charge in [-0.05, 0) is 40.3 Å². The molecule has 2 aromatic rings. The molecule has 0 atom stereocenters. The quantitative estimate of drug-likeness (QED) is 0.552. The zero-order valence-corrected chi connectivity index (χ0v) is 14.3. The molecule has 1 aliphatic carbocycles. The van der Waals surface area contributed by atoms with E-state index in [1.165, 1.54) is 6.92 Å². The standard InChI is InChI=1S/C18H11IO4/c1-10(20)23-18-15(11-6-8-12(19)9-7-11)16(21)13-4-2-3-5-14(13)17(18)22/h2-9H,1H3. The van der Waals surface area contributed by atoms with Gasteiger partial charge < -0.3 is 4.74 Å². The average molecular weight is 418 g/mol. The minimum Gasteiger partial charge on any atom is -0.422 e. The summed E-state index contributed by atoms with van der Waals surface area (Å²) in [5, 5.41) is 0. The summed E-state index contributed by atoms with van der Waals surface area (Å²) < 4.78 is 6.09. The number of Topliss-reactive ketones (excluding diaryl/α,β-unsaturated/α-hetero) is 2. The Hall–Kier alpha value is -2.28. The van der Waals surface area contributed by atoms with Gasteiger partial charge in [0.25, 0.3) is 0 Å². The second-order valence-electron chi connectivity index (χ2n) is 5.01. The maximum atomic E-state index is 12.8. The molecule has 0 heterocycles. The fourth-order valence-electron chi connectivity index (χ4n) is 2.47. The topological polar surface area (TPSA) is 60.4 Å². The van der Waals surface area contributed by atoms with Crippen LogP contribution < -0.4 is 0 Å². The zero-order chi connectivity index (χ0) is 16.6. The van der Waals surface area contributed by atoms with Gasteiger partial charge in [-0.3, -0.25) is 14.4 Å². The first-order chi connectivity index (χ1) is 11.0. The SMILES string of the molecule is CC(=O)OC1=C(c2ccc(I)cc2)C(=O)c2ccccc2C1=O. The molecule has 0 N–H and O–H groups in total. The largest absolute Gasteiger partial charge is 0.422 e. The number of rotatable bonds is 2. The predicted octanol–water partition coefficient (Wildman–Crippen LogP) is 3.64. The summed E-state index contributed by atoms with van der Waals surface area (Å²) in [6.45, 7) is 1.21. The third-order valence-corrected chi connectivity index (χ3v) is 4.17. The number of esters is 1. The van der Waals surface area contributed by atoms with E-state index in [0.717, 1.165) is 3.57 Å². The Kier molecular flexibility index (Phi) is 4.12. The molecule has 0 bridgehead atoms. The molecule has 0 aliphatic heterocycles. The van der Waals surface area contributed by atoms with E-state index in [2.05, 4.69) is 22.6 Å². The number of ketones is 2. The highest BCUT2D eigenvalue weighted by atomic mass is 127. The van der Waals surface area contributed by atoms with Crippen LogP contribution in [0.1, 0.15) is 33.2 Å². The maximum absolute atomic E-state index is 12.8. The van der Waals surface area contributed by atoms with Gasteiger partial charge in [0, 0.05) is 21.6 Å². The molecule has 0 amide bonds. The number of allylic oxidation sites excluding steroid dienone is 2. The zero-order valence-electron chi connectivity index (χ0n) is 12.1. The van der Waals surface area contributed by atoms with Gasteiger partial charge in [0.2, 0.25) is 5.78 Å². The van der Waals surface area contributed by atoms with Crippen LogP contribution >= 0.6 is 22.6 Å². The lowest BCUT2D eigenvalue weighted by atomic mass is 9.85. The number of hydrogen-bond donors (Lipinski definition) is 0. The first kappa shape index (κ1) is 15.6. The van der Waals surface area contributed by atoms with Crippen LogP contribution in [0.3, 0.4) is 0 Å². The molecule has 0 saturated heterocycles. The van der Waals surface area contributed by atoms with E-state index < -0.39 is 11.8 Å². The molecule has 114 valence electrons. The van der Waals surface area contributed by atoms with E-state index in [1.807, 2.05) is 12.1 Å². The molecule has 5 heteroatoms. The summed E-state index contributed by atoms with van der Waals surface area (Å²) in [5.74, 6) is -1.62. The molecule has 2 aromatic carbocycles. The highest BCUT2D eigenvalue weighted by molar-refractivity contribution is 14.1. The van der Waals surface area contributed by atoms with Crippen LogP contribution in [-0.2, 0) is 9.53 Å². The van der Waals surface area contributed by atoms with Crippen LogP contribution in [0.4, 0.5) is 0 Å². The minimum atomic E-state index is -0.636. The number of benzene rings is 2. The van der Waals surface area contributed by atoms with Crippen molar-refractivity contribution < 1.29 is 19.1 Å². The smallest absolute Gasteiger partial charge is 0.308 e. The lowest BCUT2D eigenvalue weighted by molar-refractivity contribution is -0.136. The van der Waals surface area contributed by atoms with E-state index in [1.54, 1.807) is 36.4 Å². The summed E-state index contributed by atoms with van der Waals surface area (Å²) in [4.78, 5) is 36.9. The monoisotopic (exact) mass is 418 g/mol. The first-order valence-electron chi connectivity index (χ1n) is 6.86. The molecular formula is C18H11IO4.